The topological polar surface area (TPSA) is 70.2 Å². The van der Waals surface area contributed by atoms with Gasteiger partial charge in [-0.3, -0.25) is 9.89 Å². The van der Waals surface area contributed by atoms with Crippen molar-refractivity contribution >= 4 is 18.3 Å². The van der Waals surface area contributed by atoms with Crippen molar-refractivity contribution in [2.45, 2.75) is 0 Å². The molecule has 1 saturated heterocycles. The second-order valence-corrected chi connectivity index (χ2v) is 4.94. The van der Waals surface area contributed by atoms with Crippen molar-refractivity contribution in [1.82, 2.24) is 20.4 Å². The van der Waals surface area contributed by atoms with E-state index in [4.69, 9.17) is 4.74 Å². The number of aromatic nitrogens is 2. The van der Waals surface area contributed by atoms with Crippen LogP contribution in [0.4, 0.5) is 0 Å². The first-order valence-electron chi connectivity index (χ1n) is 6.98. The first kappa shape index (κ1) is 16.3. The van der Waals surface area contributed by atoms with E-state index in [1.807, 2.05) is 29.2 Å². The number of benzene rings is 1. The fourth-order valence-corrected chi connectivity index (χ4v) is 2.38. The molecule has 0 radical (unpaired) electrons. The number of aromatic amines is 1. The van der Waals surface area contributed by atoms with E-state index in [-0.39, 0.29) is 18.3 Å². The highest BCUT2D eigenvalue weighted by molar-refractivity contribution is 5.93. The molecular formula is C15H19ClN4O2. The third kappa shape index (κ3) is 3.40. The molecule has 0 bridgehead atoms. The average Bonchev–Trinajstić information content (AvgIpc) is 3.05. The lowest BCUT2D eigenvalue weighted by Gasteiger charge is -2.26. The molecule has 1 aromatic carbocycles. The third-order valence-corrected chi connectivity index (χ3v) is 3.60. The van der Waals surface area contributed by atoms with E-state index < -0.39 is 0 Å². The molecule has 0 unspecified atom stereocenters. The van der Waals surface area contributed by atoms with Gasteiger partial charge >= 0.3 is 0 Å². The molecule has 1 fully saturated rings. The Morgan fingerprint density at radius 2 is 1.91 bits per heavy atom. The van der Waals surface area contributed by atoms with Crippen LogP contribution in [0, 0.1) is 0 Å². The SMILES string of the molecule is COc1ccc(-c2cc(C(=O)N3CCNCC3)[nH]n2)cc1.Cl. The maximum atomic E-state index is 12.4. The molecule has 1 aliphatic heterocycles. The molecule has 0 aliphatic carbocycles. The van der Waals surface area contributed by atoms with E-state index in [1.165, 1.54) is 0 Å². The van der Waals surface area contributed by atoms with E-state index in [2.05, 4.69) is 15.5 Å². The molecule has 0 saturated carbocycles. The molecule has 0 atom stereocenters. The predicted octanol–water partition coefficient (Wildman–Crippen LogP) is 1.55. The van der Waals surface area contributed by atoms with Crippen LogP contribution in [-0.2, 0) is 0 Å². The van der Waals surface area contributed by atoms with Crippen molar-refractivity contribution in [2.24, 2.45) is 0 Å². The average molecular weight is 323 g/mol. The van der Waals surface area contributed by atoms with Gasteiger partial charge in [0.1, 0.15) is 11.4 Å². The predicted molar refractivity (Wildman–Crippen MR) is 86.6 cm³/mol. The number of carbonyl (C=O) groups excluding carboxylic acids is 1. The van der Waals surface area contributed by atoms with E-state index in [0.29, 0.717) is 5.69 Å². The summed E-state index contributed by atoms with van der Waals surface area (Å²) in [6.45, 7) is 3.14. The molecule has 1 aliphatic rings. The highest BCUT2D eigenvalue weighted by atomic mass is 35.5. The number of rotatable bonds is 3. The number of hydrogen-bond acceptors (Lipinski definition) is 4. The van der Waals surface area contributed by atoms with Crippen LogP contribution >= 0.6 is 12.4 Å². The highest BCUT2D eigenvalue weighted by Gasteiger charge is 2.20. The molecular weight excluding hydrogens is 304 g/mol. The van der Waals surface area contributed by atoms with Gasteiger partial charge in [0, 0.05) is 31.7 Å². The lowest BCUT2D eigenvalue weighted by molar-refractivity contribution is 0.0730. The van der Waals surface area contributed by atoms with Gasteiger partial charge in [0.15, 0.2) is 0 Å². The number of nitrogens with one attached hydrogen (secondary N) is 2. The standard InChI is InChI=1S/C15H18N4O2.ClH/c1-21-12-4-2-11(3-5-12)13-10-14(18-17-13)15(20)19-8-6-16-7-9-19;/h2-5,10,16H,6-9H2,1H3,(H,17,18);1H. The summed E-state index contributed by atoms with van der Waals surface area (Å²) in [5.74, 6) is 0.801. The molecule has 6 nitrogen and oxygen atoms in total. The van der Waals surface area contributed by atoms with Crippen molar-refractivity contribution in [3.8, 4) is 17.0 Å². The molecule has 1 amide bonds. The molecule has 118 valence electrons. The van der Waals surface area contributed by atoms with Gasteiger partial charge < -0.3 is 15.0 Å². The lowest BCUT2D eigenvalue weighted by atomic mass is 10.1. The van der Waals surface area contributed by atoms with Crippen LogP contribution in [0.1, 0.15) is 10.5 Å². The van der Waals surface area contributed by atoms with Gasteiger partial charge in [0.05, 0.1) is 12.8 Å². The minimum atomic E-state index is 0. The summed E-state index contributed by atoms with van der Waals surface area (Å²) in [6, 6.07) is 9.40. The number of methoxy groups -OCH3 is 1. The van der Waals surface area contributed by atoms with Gasteiger partial charge in [-0.15, -0.1) is 12.4 Å². The Morgan fingerprint density at radius 1 is 1.23 bits per heavy atom. The summed E-state index contributed by atoms with van der Waals surface area (Å²) in [5, 5.41) is 10.3. The van der Waals surface area contributed by atoms with Crippen LogP contribution in [0.3, 0.4) is 0 Å². The second-order valence-electron chi connectivity index (χ2n) is 4.94. The van der Waals surface area contributed by atoms with Crippen LogP contribution in [0.25, 0.3) is 11.3 Å². The second kappa shape index (κ2) is 7.29. The number of H-pyrrole nitrogens is 1. The summed E-state index contributed by atoms with van der Waals surface area (Å²) in [6.07, 6.45) is 0. The highest BCUT2D eigenvalue weighted by Crippen LogP contribution is 2.21. The van der Waals surface area contributed by atoms with Crippen LogP contribution < -0.4 is 10.1 Å². The van der Waals surface area contributed by atoms with Crippen molar-refractivity contribution in [3.63, 3.8) is 0 Å². The maximum absolute atomic E-state index is 12.4. The first-order chi connectivity index (χ1) is 10.3. The number of halogens is 1. The summed E-state index contributed by atoms with van der Waals surface area (Å²) in [4.78, 5) is 14.2. The summed E-state index contributed by atoms with van der Waals surface area (Å²) >= 11 is 0. The van der Waals surface area contributed by atoms with Gasteiger partial charge in [0.2, 0.25) is 0 Å². The maximum Gasteiger partial charge on any atom is 0.271 e. The lowest BCUT2D eigenvalue weighted by Crippen LogP contribution is -2.46. The van der Waals surface area contributed by atoms with Crippen LogP contribution in [-0.4, -0.2) is 54.3 Å². The van der Waals surface area contributed by atoms with Gasteiger partial charge in [-0.1, -0.05) is 0 Å². The molecule has 22 heavy (non-hydrogen) atoms. The van der Waals surface area contributed by atoms with Crippen molar-refractivity contribution in [2.75, 3.05) is 33.3 Å². The zero-order valence-corrected chi connectivity index (χ0v) is 13.2. The Bertz CT molecular complexity index is 621. The van der Waals surface area contributed by atoms with Crippen LogP contribution in [0.5, 0.6) is 5.75 Å². The van der Waals surface area contributed by atoms with Crippen molar-refractivity contribution in [3.05, 3.63) is 36.0 Å². The van der Waals surface area contributed by atoms with E-state index in [9.17, 15) is 4.79 Å². The zero-order chi connectivity index (χ0) is 14.7. The van der Waals surface area contributed by atoms with Crippen LogP contribution in [0.2, 0.25) is 0 Å². The van der Waals surface area contributed by atoms with Gasteiger partial charge in [-0.05, 0) is 30.3 Å². The number of piperazine rings is 1. The molecule has 2 aromatic rings. The number of nitrogens with zero attached hydrogens (tertiary/aromatic N) is 2. The fraction of sp³-hybridized carbons (Fsp3) is 0.333. The Morgan fingerprint density at radius 3 is 2.55 bits per heavy atom. The molecule has 1 aromatic heterocycles. The number of carbonyl (C=O) groups is 1. The molecule has 0 spiro atoms. The molecule has 2 N–H and O–H groups in total. The number of amides is 1. The van der Waals surface area contributed by atoms with Gasteiger partial charge in [-0.25, -0.2) is 0 Å². The Kier molecular flexibility index (Phi) is 5.41. The summed E-state index contributed by atoms with van der Waals surface area (Å²) in [5.41, 5.74) is 2.24. The quantitative estimate of drug-likeness (QED) is 0.899. The molecule has 7 heteroatoms. The minimum absolute atomic E-state index is 0. The van der Waals surface area contributed by atoms with Gasteiger partial charge in [-0.2, -0.15) is 5.10 Å². The van der Waals surface area contributed by atoms with E-state index >= 15 is 0 Å². The van der Waals surface area contributed by atoms with Crippen molar-refractivity contribution < 1.29 is 9.53 Å². The van der Waals surface area contributed by atoms with Crippen LogP contribution in [0.15, 0.2) is 30.3 Å². The molecule has 2 heterocycles. The smallest absolute Gasteiger partial charge is 0.271 e. The third-order valence-electron chi connectivity index (χ3n) is 3.60. The van der Waals surface area contributed by atoms with E-state index in [1.54, 1.807) is 13.2 Å². The van der Waals surface area contributed by atoms with Crippen molar-refractivity contribution in [1.29, 1.82) is 0 Å². The summed E-state index contributed by atoms with van der Waals surface area (Å²) < 4.78 is 5.13. The Balaban J connectivity index is 0.00000176. The molecule has 3 rings (SSSR count). The minimum Gasteiger partial charge on any atom is -0.497 e. The Labute approximate surface area is 135 Å². The van der Waals surface area contributed by atoms with Gasteiger partial charge in [0.25, 0.3) is 5.91 Å². The number of ether oxygens (including phenoxy) is 1. The fourth-order valence-electron chi connectivity index (χ4n) is 2.38. The normalized spacial score (nSPS) is 14.3. The van der Waals surface area contributed by atoms with E-state index in [0.717, 1.165) is 43.2 Å². The number of hydrogen-bond donors (Lipinski definition) is 2. The Hall–Kier alpha value is -2.05. The zero-order valence-electron chi connectivity index (χ0n) is 12.3. The first-order valence-corrected chi connectivity index (χ1v) is 6.98. The largest absolute Gasteiger partial charge is 0.497 e. The summed E-state index contributed by atoms with van der Waals surface area (Å²) in [7, 11) is 1.63. The monoisotopic (exact) mass is 322 g/mol.